The summed E-state index contributed by atoms with van der Waals surface area (Å²) in [5.41, 5.74) is 1.37. The van der Waals surface area contributed by atoms with E-state index < -0.39 is 11.2 Å². The summed E-state index contributed by atoms with van der Waals surface area (Å²) in [6, 6.07) is 11.9. The Kier molecular flexibility index (Phi) is 3.02. The molecule has 21 heavy (non-hydrogen) atoms. The lowest BCUT2D eigenvalue weighted by Crippen LogP contribution is -2.22. The quantitative estimate of drug-likeness (QED) is 0.702. The number of hydrogen-bond donors (Lipinski definition) is 2. The first kappa shape index (κ1) is 13.1. The van der Waals surface area contributed by atoms with Gasteiger partial charge in [-0.1, -0.05) is 29.8 Å². The van der Waals surface area contributed by atoms with Gasteiger partial charge in [-0.2, -0.15) is 0 Å². The Hall–Kier alpha value is -2.95. The minimum atomic E-state index is -0.565. The average Bonchev–Trinajstić information content (AvgIpc) is 2.47. The molecule has 0 fully saturated rings. The Labute approximate surface area is 119 Å². The summed E-state index contributed by atoms with van der Waals surface area (Å²) in [5, 5.41) is 0.285. The third-order valence-corrected chi connectivity index (χ3v) is 3.32. The Morgan fingerprint density at radius 1 is 0.905 bits per heavy atom. The molecule has 5 nitrogen and oxygen atoms in total. The van der Waals surface area contributed by atoms with Gasteiger partial charge in [-0.15, -0.1) is 0 Å². The number of nitrogens with one attached hydrogen (secondary N) is 2. The third kappa shape index (κ3) is 2.41. The number of fused-ring (bicyclic) bond motifs is 1. The van der Waals surface area contributed by atoms with Crippen LogP contribution in [0.15, 0.2) is 52.1 Å². The van der Waals surface area contributed by atoms with Gasteiger partial charge in [0.25, 0.3) is 5.56 Å². The second-order valence-corrected chi connectivity index (χ2v) is 4.86. The van der Waals surface area contributed by atoms with E-state index in [1.807, 2.05) is 19.1 Å². The summed E-state index contributed by atoms with van der Waals surface area (Å²) in [6.45, 7) is 1.94. The summed E-state index contributed by atoms with van der Waals surface area (Å²) in [6.07, 6.45) is 0. The van der Waals surface area contributed by atoms with Gasteiger partial charge in [-0.3, -0.25) is 14.6 Å². The second-order valence-electron chi connectivity index (χ2n) is 4.86. The van der Waals surface area contributed by atoms with Gasteiger partial charge < -0.3 is 4.98 Å². The second kappa shape index (κ2) is 4.86. The minimum absolute atomic E-state index is 0.164. The van der Waals surface area contributed by atoms with Crippen molar-refractivity contribution < 1.29 is 4.79 Å². The molecule has 1 aromatic heterocycles. The van der Waals surface area contributed by atoms with Crippen LogP contribution in [0.3, 0.4) is 0 Å². The summed E-state index contributed by atoms with van der Waals surface area (Å²) < 4.78 is 0. The van der Waals surface area contributed by atoms with Gasteiger partial charge in [-0.25, -0.2) is 4.79 Å². The van der Waals surface area contributed by atoms with Crippen molar-refractivity contribution in [1.29, 1.82) is 0 Å². The van der Waals surface area contributed by atoms with Crippen LogP contribution >= 0.6 is 0 Å². The van der Waals surface area contributed by atoms with Gasteiger partial charge in [0.2, 0.25) is 0 Å². The molecule has 0 unspecified atom stereocenters. The van der Waals surface area contributed by atoms with E-state index in [1.54, 1.807) is 24.3 Å². The highest BCUT2D eigenvalue weighted by molar-refractivity contribution is 6.10. The molecule has 2 aromatic carbocycles. The molecule has 0 aliphatic rings. The summed E-state index contributed by atoms with van der Waals surface area (Å²) in [4.78, 5) is 40.0. The topological polar surface area (TPSA) is 82.8 Å². The highest BCUT2D eigenvalue weighted by atomic mass is 16.2. The number of H-pyrrole nitrogens is 2. The maximum atomic E-state index is 12.4. The molecule has 3 aromatic rings. The highest BCUT2D eigenvalue weighted by Gasteiger charge is 2.11. The summed E-state index contributed by atoms with van der Waals surface area (Å²) in [7, 11) is 0. The van der Waals surface area contributed by atoms with E-state index in [2.05, 4.69) is 9.97 Å². The fourth-order valence-corrected chi connectivity index (χ4v) is 2.18. The van der Waals surface area contributed by atoms with Crippen molar-refractivity contribution >= 4 is 16.7 Å². The molecule has 2 N–H and O–H groups in total. The van der Waals surface area contributed by atoms with E-state index in [0.717, 1.165) is 5.56 Å². The Balaban J connectivity index is 2.13. The SMILES string of the molecule is Cc1ccc(C(=O)c2ccc3[nH]c(=O)[nH]c(=O)c3c2)cc1. The van der Waals surface area contributed by atoms with Crippen LogP contribution < -0.4 is 11.2 Å². The van der Waals surface area contributed by atoms with Crippen LogP contribution in [0.1, 0.15) is 21.5 Å². The molecule has 0 atom stereocenters. The molecular formula is C16H12N2O3. The van der Waals surface area contributed by atoms with Gasteiger partial charge in [0, 0.05) is 11.1 Å². The number of benzene rings is 2. The maximum absolute atomic E-state index is 12.4. The van der Waals surface area contributed by atoms with Crippen molar-refractivity contribution in [3.63, 3.8) is 0 Å². The average molecular weight is 280 g/mol. The van der Waals surface area contributed by atoms with Crippen molar-refractivity contribution in [2.45, 2.75) is 6.92 Å². The van der Waals surface area contributed by atoms with Crippen LogP contribution in [0.5, 0.6) is 0 Å². The van der Waals surface area contributed by atoms with E-state index in [1.165, 1.54) is 6.07 Å². The molecule has 0 radical (unpaired) electrons. The van der Waals surface area contributed by atoms with E-state index in [9.17, 15) is 14.4 Å². The van der Waals surface area contributed by atoms with Crippen LogP contribution in [0.2, 0.25) is 0 Å². The van der Waals surface area contributed by atoms with Gasteiger partial charge in [0.05, 0.1) is 10.9 Å². The molecule has 104 valence electrons. The number of hydrogen-bond acceptors (Lipinski definition) is 3. The predicted molar refractivity (Wildman–Crippen MR) is 79.8 cm³/mol. The number of carbonyl (C=O) groups is 1. The number of aromatic amines is 2. The molecule has 0 saturated carbocycles. The molecule has 3 rings (SSSR count). The van der Waals surface area contributed by atoms with Crippen LogP contribution in [-0.4, -0.2) is 15.8 Å². The van der Waals surface area contributed by atoms with Crippen molar-refractivity contribution in [2.24, 2.45) is 0 Å². The van der Waals surface area contributed by atoms with Gasteiger partial charge >= 0.3 is 5.69 Å². The van der Waals surface area contributed by atoms with Crippen LogP contribution in [0.4, 0.5) is 0 Å². The zero-order valence-corrected chi connectivity index (χ0v) is 11.3. The number of ketones is 1. The lowest BCUT2D eigenvalue weighted by Gasteiger charge is -2.03. The first-order valence-corrected chi connectivity index (χ1v) is 6.42. The molecule has 0 bridgehead atoms. The number of aromatic nitrogens is 2. The van der Waals surface area contributed by atoms with Crippen molar-refractivity contribution in [3.8, 4) is 0 Å². The largest absolute Gasteiger partial charge is 0.326 e. The van der Waals surface area contributed by atoms with Crippen LogP contribution in [0, 0.1) is 6.92 Å². The van der Waals surface area contributed by atoms with Crippen molar-refractivity contribution in [2.75, 3.05) is 0 Å². The fourth-order valence-electron chi connectivity index (χ4n) is 2.18. The number of rotatable bonds is 2. The minimum Gasteiger partial charge on any atom is -0.307 e. The zero-order chi connectivity index (χ0) is 15.0. The van der Waals surface area contributed by atoms with E-state index in [0.29, 0.717) is 16.6 Å². The van der Waals surface area contributed by atoms with E-state index in [-0.39, 0.29) is 11.2 Å². The van der Waals surface area contributed by atoms with Gasteiger partial charge in [-0.05, 0) is 25.1 Å². The Bertz CT molecular complexity index is 950. The number of carbonyl (C=O) groups excluding carboxylic acids is 1. The molecule has 0 aliphatic carbocycles. The molecular weight excluding hydrogens is 268 g/mol. The molecule has 5 heteroatoms. The normalized spacial score (nSPS) is 10.7. The van der Waals surface area contributed by atoms with Crippen molar-refractivity contribution in [1.82, 2.24) is 9.97 Å². The first-order chi connectivity index (χ1) is 10.0. The highest BCUT2D eigenvalue weighted by Crippen LogP contribution is 2.14. The molecule has 0 spiro atoms. The summed E-state index contributed by atoms with van der Waals surface area (Å²) in [5.74, 6) is -0.164. The number of aryl methyl sites for hydroxylation is 1. The standard InChI is InChI=1S/C16H12N2O3/c1-9-2-4-10(5-3-9)14(19)11-6-7-13-12(8-11)15(20)18-16(21)17-13/h2-8H,1H3,(H2,17,18,20,21). The third-order valence-electron chi connectivity index (χ3n) is 3.32. The van der Waals surface area contributed by atoms with Gasteiger partial charge in [0.1, 0.15) is 0 Å². The van der Waals surface area contributed by atoms with Crippen LogP contribution in [0.25, 0.3) is 10.9 Å². The summed E-state index contributed by atoms with van der Waals surface area (Å²) >= 11 is 0. The smallest absolute Gasteiger partial charge is 0.307 e. The van der Waals surface area contributed by atoms with Gasteiger partial charge in [0.15, 0.2) is 5.78 Å². The Morgan fingerprint density at radius 2 is 1.57 bits per heavy atom. The maximum Gasteiger partial charge on any atom is 0.326 e. The van der Waals surface area contributed by atoms with Crippen molar-refractivity contribution in [3.05, 3.63) is 80.0 Å². The Morgan fingerprint density at radius 3 is 2.29 bits per heavy atom. The lowest BCUT2D eigenvalue weighted by molar-refractivity contribution is 0.103. The molecule has 1 heterocycles. The predicted octanol–water partition coefficient (Wildman–Crippen LogP) is 1.76. The molecule has 0 aliphatic heterocycles. The lowest BCUT2D eigenvalue weighted by atomic mass is 10.0. The zero-order valence-electron chi connectivity index (χ0n) is 11.3. The first-order valence-electron chi connectivity index (χ1n) is 6.42. The van der Waals surface area contributed by atoms with E-state index >= 15 is 0 Å². The molecule has 0 saturated heterocycles. The van der Waals surface area contributed by atoms with E-state index in [4.69, 9.17) is 0 Å². The fraction of sp³-hybridized carbons (Fsp3) is 0.0625. The van der Waals surface area contributed by atoms with Crippen LogP contribution in [-0.2, 0) is 0 Å². The molecule has 0 amide bonds. The monoisotopic (exact) mass is 280 g/mol.